The third-order valence-corrected chi connectivity index (χ3v) is 5.74. The van der Waals surface area contributed by atoms with Gasteiger partial charge in [0.1, 0.15) is 22.0 Å². The standard InChI is InChI=1S/C18H20N6OS/c1-11-19-6-4-13(22-11)24-9-5-12(10-24)14-15-17(21-8-7-20-15)26-16(14)18(25)23(2)3/h4,6-8,12H,5,9-10H2,1-3H3. The van der Waals surface area contributed by atoms with Gasteiger partial charge in [-0.15, -0.1) is 11.3 Å². The molecule has 26 heavy (non-hydrogen) atoms. The second kappa shape index (κ2) is 6.60. The lowest BCUT2D eigenvalue weighted by Gasteiger charge is -2.18. The van der Waals surface area contributed by atoms with Gasteiger partial charge in [-0.2, -0.15) is 0 Å². The molecule has 1 aliphatic rings. The molecule has 0 spiro atoms. The van der Waals surface area contributed by atoms with Gasteiger partial charge >= 0.3 is 0 Å². The van der Waals surface area contributed by atoms with Crippen LogP contribution in [0.3, 0.4) is 0 Å². The lowest BCUT2D eigenvalue weighted by atomic mass is 9.97. The zero-order chi connectivity index (χ0) is 18.3. The van der Waals surface area contributed by atoms with Crippen LogP contribution in [0.15, 0.2) is 24.7 Å². The first-order valence-corrected chi connectivity index (χ1v) is 9.36. The molecular weight excluding hydrogens is 348 g/mol. The monoisotopic (exact) mass is 368 g/mol. The fourth-order valence-corrected chi connectivity index (χ4v) is 4.62. The van der Waals surface area contributed by atoms with Crippen molar-refractivity contribution in [3.63, 3.8) is 0 Å². The molecule has 1 unspecified atom stereocenters. The first kappa shape index (κ1) is 16.8. The van der Waals surface area contributed by atoms with Crippen molar-refractivity contribution in [2.45, 2.75) is 19.3 Å². The molecule has 0 aromatic carbocycles. The van der Waals surface area contributed by atoms with Crippen molar-refractivity contribution in [2.75, 3.05) is 32.1 Å². The molecule has 7 nitrogen and oxygen atoms in total. The number of aryl methyl sites for hydroxylation is 1. The summed E-state index contributed by atoms with van der Waals surface area (Å²) >= 11 is 1.44. The van der Waals surface area contributed by atoms with E-state index in [-0.39, 0.29) is 11.8 Å². The van der Waals surface area contributed by atoms with Crippen LogP contribution in [-0.4, -0.2) is 57.9 Å². The number of fused-ring (bicyclic) bond motifs is 1. The summed E-state index contributed by atoms with van der Waals surface area (Å²) in [4.78, 5) is 35.8. The second-order valence-corrected chi connectivity index (χ2v) is 7.65. The van der Waals surface area contributed by atoms with Gasteiger partial charge in [-0.3, -0.25) is 9.78 Å². The fraction of sp³-hybridized carbons (Fsp3) is 0.389. The van der Waals surface area contributed by atoms with Crippen molar-refractivity contribution in [1.82, 2.24) is 24.8 Å². The molecule has 1 atom stereocenters. The Morgan fingerprint density at radius 2 is 2.04 bits per heavy atom. The van der Waals surface area contributed by atoms with Crippen molar-refractivity contribution < 1.29 is 4.79 Å². The molecule has 0 bridgehead atoms. The lowest BCUT2D eigenvalue weighted by Crippen LogP contribution is -2.23. The quantitative estimate of drug-likeness (QED) is 0.707. The Kier molecular flexibility index (Phi) is 4.28. The summed E-state index contributed by atoms with van der Waals surface area (Å²) in [5, 5.41) is 0. The van der Waals surface area contributed by atoms with Crippen LogP contribution in [-0.2, 0) is 0 Å². The zero-order valence-corrected chi connectivity index (χ0v) is 15.8. The van der Waals surface area contributed by atoms with Gasteiger partial charge < -0.3 is 9.80 Å². The van der Waals surface area contributed by atoms with E-state index in [1.54, 1.807) is 37.6 Å². The highest BCUT2D eigenvalue weighted by Gasteiger charge is 2.32. The lowest BCUT2D eigenvalue weighted by molar-refractivity contribution is 0.0831. The number of carbonyl (C=O) groups is 1. The first-order valence-electron chi connectivity index (χ1n) is 8.54. The van der Waals surface area contributed by atoms with E-state index in [1.165, 1.54) is 11.3 Å². The summed E-state index contributed by atoms with van der Waals surface area (Å²) in [6.07, 6.45) is 6.12. The average molecular weight is 368 g/mol. The molecule has 3 aromatic heterocycles. The maximum Gasteiger partial charge on any atom is 0.263 e. The molecule has 1 fully saturated rings. The fourth-order valence-electron chi connectivity index (χ4n) is 3.41. The summed E-state index contributed by atoms with van der Waals surface area (Å²) in [5.41, 5.74) is 1.89. The maximum atomic E-state index is 12.7. The molecule has 1 aliphatic heterocycles. The van der Waals surface area contributed by atoms with Gasteiger partial charge in [0.25, 0.3) is 5.91 Å². The minimum atomic E-state index is 0.0149. The molecule has 4 heterocycles. The Morgan fingerprint density at radius 3 is 2.81 bits per heavy atom. The van der Waals surface area contributed by atoms with Crippen LogP contribution in [0.5, 0.6) is 0 Å². The SMILES string of the molecule is Cc1nccc(N2CCC(c3c(C(=O)N(C)C)sc4nccnc34)C2)n1. The topological polar surface area (TPSA) is 75.1 Å². The van der Waals surface area contributed by atoms with E-state index in [1.807, 2.05) is 13.0 Å². The highest BCUT2D eigenvalue weighted by Crippen LogP contribution is 2.39. The molecule has 0 N–H and O–H groups in total. The number of nitrogens with zero attached hydrogens (tertiary/aromatic N) is 6. The molecule has 8 heteroatoms. The number of carbonyl (C=O) groups excluding carboxylic acids is 1. The van der Waals surface area contributed by atoms with Gasteiger partial charge in [0.15, 0.2) is 0 Å². The van der Waals surface area contributed by atoms with Gasteiger partial charge in [-0.05, 0) is 19.4 Å². The van der Waals surface area contributed by atoms with E-state index in [2.05, 4.69) is 24.8 Å². The molecule has 1 amide bonds. The third kappa shape index (κ3) is 2.90. The van der Waals surface area contributed by atoms with Crippen molar-refractivity contribution in [3.05, 3.63) is 40.9 Å². The van der Waals surface area contributed by atoms with Crippen molar-refractivity contribution in [1.29, 1.82) is 0 Å². The van der Waals surface area contributed by atoms with Crippen LogP contribution >= 0.6 is 11.3 Å². The van der Waals surface area contributed by atoms with E-state index in [0.717, 1.165) is 51.9 Å². The van der Waals surface area contributed by atoms with Crippen LogP contribution in [0.25, 0.3) is 10.3 Å². The molecule has 0 aliphatic carbocycles. The van der Waals surface area contributed by atoms with E-state index >= 15 is 0 Å². The van der Waals surface area contributed by atoms with E-state index in [4.69, 9.17) is 0 Å². The van der Waals surface area contributed by atoms with Crippen LogP contribution in [0.4, 0.5) is 5.82 Å². The molecule has 0 saturated carbocycles. The smallest absolute Gasteiger partial charge is 0.263 e. The summed E-state index contributed by atoms with van der Waals surface area (Å²) in [7, 11) is 3.56. The number of hydrogen-bond donors (Lipinski definition) is 0. The number of thiophene rings is 1. The number of anilines is 1. The van der Waals surface area contributed by atoms with Crippen LogP contribution in [0.1, 0.15) is 33.4 Å². The Balaban J connectivity index is 1.72. The van der Waals surface area contributed by atoms with Crippen molar-refractivity contribution in [2.24, 2.45) is 0 Å². The number of amides is 1. The Labute approximate surface area is 155 Å². The minimum Gasteiger partial charge on any atom is -0.356 e. The van der Waals surface area contributed by atoms with Crippen molar-refractivity contribution in [3.8, 4) is 0 Å². The van der Waals surface area contributed by atoms with Crippen LogP contribution in [0, 0.1) is 6.92 Å². The molecule has 3 aromatic rings. The highest BCUT2D eigenvalue weighted by atomic mass is 32.1. The van der Waals surface area contributed by atoms with Gasteiger partial charge in [-0.1, -0.05) is 0 Å². The Bertz CT molecular complexity index is 969. The number of aromatic nitrogens is 4. The Hall–Kier alpha value is -2.61. The average Bonchev–Trinajstić information content (AvgIpc) is 3.25. The summed E-state index contributed by atoms with van der Waals surface area (Å²) < 4.78 is 0. The largest absolute Gasteiger partial charge is 0.356 e. The van der Waals surface area contributed by atoms with E-state index in [0.29, 0.717) is 0 Å². The van der Waals surface area contributed by atoms with Crippen molar-refractivity contribution >= 4 is 33.4 Å². The minimum absolute atomic E-state index is 0.0149. The highest BCUT2D eigenvalue weighted by molar-refractivity contribution is 7.20. The molecular formula is C18H20N6OS. The van der Waals surface area contributed by atoms with Crippen LogP contribution < -0.4 is 4.90 Å². The summed E-state index contributed by atoms with van der Waals surface area (Å²) in [6.45, 7) is 3.60. The van der Waals surface area contributed by atoms with Gasteiger partial charge in [0.2, 0.25) is 0 Å². The summed E-state index contributed by atoms with van der Waals surface area (Å²) in [5.74, 6) is 1.95. The van der Waals surface area contributed by atoms with Crippen LogP contribution in [0.2, 0.25) is 0 Å². The predicted molar refractivity (Wildman–Crippen MR) is 102 cm³/mol. The summed E-state index contributed by atoms with van der Waals surface area (Å²) in [6, 6.07) is 1.94. The second-order valence-electron chi connectivity index (χ2n) is 6.65. The zero-order valence-electron chi connectivity index (χ0n) is 15.0. The number of hydrogen-bond acceptors (Lipinski definition) is 7. The van der Waals surface area contributed by atoms with Gasteiger partial charge in [0.05, 0.1) is 4.88 Å². The molecule has 4 rings (SSSR count). The molecule has 1 saturated heterocycles. The third-order valence-electron chi connectivity index (χ3n) is 4.65. The molecule has 0 radical (unpaired) electrons. The molecule has 134 valence electrons. The van der Waals surface area contributed by atoms with Gasteiger partial charge in [0, 0.05) is 57.3 Å². The van der Waals surface area contributed by atoms with E-state index in [9.17, 15) is 4.79 Å². The number of rotatable bonds is 3. The normalized spacial score (nSPS) is 17.0. The first-order chi connectivity index (χ1) is 12.5. The van der Waals surface area contributed by atoms with E-state index < -0.39 is 0 Å². The van der Waals surface area contributed by atoms with Gasteiger partial charge in [-0.25, -0.2) is 15.0 Å². The predicted octanol–water partition coefficient (Wildman–Crippen LogP) is 2.49. The Morgan fingerprint density at radius 1 is 1.23 bits per heavy atom. The maximum absolute atomic E-state index is 12.7.